The molecule has 6 heteroatoms. The molecule has 0 saturated carbocycles. The maximum atomic E-state index is 12.6. The summed E-state index contributed by atoms with van der Waals surface area (Å²) < 4.78 is 5.78. The summed E-state index contributed by atoms with van der Waals surface area (Å²) in [5.41, 5.74) is 9.01. The predicted octanol–water partition coefficient (Wildman–Crippen LogP) is 4.22. The number of ether oxygens (including phenoxy) is 1. The Labute approximate surface area is 194 Å². The van der Waals surface area contributed by atoms with E-state index in [-0.39, 0.29) is 17.7 Å². The predicted molar refractivity (Wildman–Crippen MR) is 129 cm³/mol. The highest BCUT2D eigenvalue weighted by Crippen LogP contribution is 2.20. The number of carbonyl (C=O) groups excluding carboxylic acids is 2. The molecule has 3 aromatic rings. The highest BCUT2D eigenvalue weighted by atomic mass is 16.5. The molecule has 0 bridgehead atoms. The zero-order valence-corrected chi connectivity index (χ0v) is 18.6. The van der Waals surface area contributed by atoms with Crippen molar-refractivity contribution in [2.24, 2.45) is 11.7 Å². The molecule has 2 amide bonds. The maximum Gasteiger partial charge on any atom is 0.255 e. The largest absolute Gasteiger partial charge is 0.489 e. The summed E-state index contributed by atoms with van der Waals surface area (Å²) in [5.74, 6) is 0.273. The van der Waals surface area contributed by atoms with E-state index in [9.17, 15) is 9.59 Å². The lowest BCUT2D eigenvalue weighted by Crippen LogP contribution is -2.40. The second kappa shape index (κ2) is 10.8. The third-order valence-electron chi connectivity index (χ3n) is 5.89. The third-order valence-corrected chi connectivity index (χ3v) is 5.89. The molecular weight excluding hydrogens is 414 g/mol. The zero-order valence-electron chi connectivity index (χ0n) is 18.6. The topological polar surface area (TPSA) is 84.7 Å². The number of nitrogens with zero attached hydrogens (tertiary/aromatic N) is 1. The lowest BCUT2D eigenvalue weighted by atomic mass is 9.97. The van der Waals surface area contributed by atoms with Gasteiger partial charge in [-0.15, -0.1) is 0 Å². The number of benzene rings is 3. The molecule has 1 unspecified atom stereocenters. The van der Waals surface area contributed by atoms with Gasteiger partial charge in [0.25, 0.3) is 5.91 Å². The van der Waals surface area contributed by atoms with Crippen LogP contribution in [0.4, 0.5) is 5.69 Å². The number of rotatable bonds is 8. The van der Waals surface area contributed by atoms with E-state index in [2.05, 4.69) is 10.2 Å². The molecule has 1 aliphatic rings. The monoisotopic (exact) mass is 443 g/mol. The number of amides is 2. The number of hydrogen-bond donors (Lipinski definition) is 2. The quantitative estimate of drug-likeness (QED) is 0.546. The molecule has 1 fully saturated rings. The van der Waals surface area contributed by atoms with E-state index in [1.54, 1.807) is 24.3 Å². The first-order valence-electron chi connectivity index (χ1n) is 11.3. The Morgan fingerprint density at radius 1 is 0.939 bits per heavy atom. The Morgan fingerprint density at radius 3 is 2.36 bits per heavy atom. The van der Waals surface area contributed by atoms with E-state index >= 15 is 0 Å². The van der Waals surface area contributed by atoms with Gasteiger partial charge < -0.3 is 15.8 Å². The van der Waals surface area contributed by atoms with Crippen LogP contribution >= 0.6 is 0 Å². The molecule has 1 heterocycles. The van der Waals surface area contributed by atoms with E-state index in [1.807, 2.05) is 54.6 Å². The van der Waals surface area contributed by atoms with Crippen LogP contribution in [0, 0.1) is 5.92 Å². The van der Waals surface area contributed by atoms with Gasteiger partial charge in [-0.05, 0) is 66.9 Å². The molecule has 1 atom stereocenters. The molecular formula is C27H29N3O3. The number of nitrogens with two attached hydrogens (primary N) is 1. The van der Waals surface area contributed by atoms with Gasteiger partial charge in [0.1, 0.15) is 12.4 Å². The molecule has 33 heavy (non-hydrogen) atoms. The number of anilines is 1. The molecule has 0 radical (unpaired) electrons. The van der Waals surface area contributed by atoms with Crippen molar-refractivity contribution >= 4 is 17.5 Å². The molecule has 3 aromatic carbocycles. The molecule has 4 rings (SSSR count). The number of primary amides is 1. The van der Waals surface area contributed by atoms with Crippen LogP contribution in [0.1, 0.15) is 34.3 Å². The molecule has 3 N–H and O–H groups in total. The fraction of sp³-hybridized carbons (Fsp3) is 0.259. The van der Waals surface area contributed by atoms with Gasteiger partial charge in [-0.2, -0.15) is 0 Å². The Hall–Kier alpha value is -3.64. The Balaban J connectivity index is 1.28. The van der Waals surface area contributed by atoms with Crippen molar-refractivity contribution in [3.05, 3.63) is 95.6 Å². The van der Waals surface area contributed by atoms with E-state index in [1.165, 1.54) is 0 Å². The van der Waals surface area contributed by atoms with E-state index in [0.29, 0.717) is 18.7 Å². The van der Waals surface area contributed by atoms with Gasteiger partial charge in [0, 0.05) is 24.3 Å². The molecule has 170 valence electrons. The summed E-state index contributed by atoms with van der Waals surface area (Å²) in [4.78, 5) is 26.3. The van der Waals surface area contributed by atoms with Crippen molar-refractivity contribution in [2.45, 2.75) is 26.0 Å². The lowest BCUT2D eigenvalue weighted by Gasteiger charge is -2.31. The first-order valence-corrected chi connectivity index (χ1v) is 11.3. The maximum absolute atomic E-state index is 12.6. The number of carbonyl (C=O) groups is 2. The van der Waals surface area contributed by atoms with Crippen molar-refractivity contribution in [1.29, 1.82) is 0 Å². The van der Waals surface area contributed by atoms with Crippen LogP contribution in [0.2, 0.25) is 0 Å². The van der Waals surface area contributed by atoms with Crippen LogP contribution in [-0.4, -0.2) is 29.8 Å². The normalized spacial score (nSPS) is 16.2. The molecule has 0 aromatic heterocycles. The first-order chi connectivity index (χ1) is 16.1. The zero-order chi connectivity index (χ0) is 23.0. The van der Waals surface area contributed by atoms with E-state index in [4.69, 9.17) is 10.5 Å². The average molecular weight is 444 g/mol. The molecule has 0 aliphatic carbocycles. The summed E-state index contributed by atoms with van der Waals surface area (Å²) in [7, 11) is 0. The highest BCUT2D eigenvalue weighted by Gasteiger charge is 2.23. The van der Waals surface area contributed by atoms with E-state index in [0.717, 1.165) is 48.5 Å². The minimum atomic E-state index is -0.214. The van der Waals surface area contributed by atoms with Crippen LogP contribution < -0.4 is 15.8 Å². The van der Waals surface area contributed by atoms with Gasteiger partial charge in [-0.3, -0.25) is 14.5 Å². The summed E-state index contributed by atoms with van der Waals surface area (Å²) >= 11 is 0. The van der Waals surface area contributed by atoms with Gasteiger partial charge in [-0.25, -0.2) is 0 Å². The fourth-order valence-corrected chi connectivity index (χ4v) is 4.03. The van der Waals surface area contributed by atoms with Gasteiger partial charge >= 0.3 is 0 Å². The summed E-state index contributed by atoms with van der Waals surface area (Å²) in [6.07, 6.45) is 1.86. The van der Waals surface area contributed by atoms with Gasteiger partial charge in [0.15, 0.2) is 0 Å². The number of likely N-dealkylation sites (tertiary alicyclic amines) is 1. The molecule has 1 aliphatic heterocycles. The summed E-state index contributed by atoms with van der Waals surface area (Å²) in [5, 5.41) is 2.93. The molecule has 0 spiro atoms. The van der Waals surface area contributed by atoms with Crippen LogP contribution in [0.3, 0.4) is 0 Å². The summed E-state index contributed by atoms with van der Waals surface area (Å²) in [6, 6.07) is 24.9. The first kappa shape index (κ1) is 22.6. The summed E-state index contributed by atoms with van der Waals surface area (Å²) in [6.45, 7) is 2.92. The van der Waals surface area contributed by atoms with Crippen LogP contribution in [0.25, 0.3) is 0 Å². The van der Waals surface area contributed by atoms with E-state index < -0.39 is 0 Å². The Bertz CT molecular complexity index is 1070. The van der Waals surface area contributed by atoms with Crippen molar-refractivity contribution in [3.63, 3.8) is 0 Å². The van der Waals surface area contributed by atoms with Gasteiger partial charge in [0.2, 0.25) is 5.91 Å². The van der Waals surface area contributed by atoms with Crippen molar-refractivity contribution < 1.29 is 14.3 Å². The highest BCUT2D eigenvalue weighted by molar-refractivity contribution is 6.04. The molecule has 6 nitrogen and oxygen atoms in total. The second-order valence-corrected chi connectivity index (χ2v) is 8.43. The Morgan fingerprint density at radius 2 is 1.67 bits per heavy atom. The second-order valence-electron chi connectivity index (χ2n) is 8.43. The number of hydrogen-bond acceptors (Lipinski definition) is 4. The SMILES string of the molecule is NC(=O)C1CCCN(Cc2ccc(NC(=O)c3ccc(OCc4ccccc4)cc3)cc2)C1. The molecule has 1 saturated heterocycles. The van der Waals surface area contributed by atoms with Gasteiger partial charge in [-0.1, -0.05) is 42.5 Å². The van der Waals surface area contributed by atoms with Gasteiger partial charge in [0.05, 0.1) is 5.92 Å². The standard InChI is InChI=1S/C27H29N3O3/c28-26(31)23-7-4-16-30(18-23)17-20-8-12-24(13-9-20)29-27(32)22-10-14-25(15-11-22)33-19-21-5-2-1-3-6-21/h1-3,5-6,8-15,23H,4,7,16-19H2,(H2,28,31)(H,29,32). The Kier molecular flexibility index (Phi) is 7.37. The van der Waals surface area contributed by atoms with Crippen LogP contribution in [0.5, 0.6) is 5.75 Å². The van der Waals surface area contributed by atoms with Crippen LogP contribution in [-0.2, 0) is 17.9 Å². The third kappa shape index (κ3) is 6.43. The van der Waals surface area contributed by atoms with Crippen molar-refractivity contribution in [1.82, 2.24) is 4.90 Å². The number of piperidine rings is 1. The smallest absolute Gasteiger partial charge is 0.255 e. The minimum Gasteiger partial charge on any atom is -0.489 e. The van der Waals surface area contributed by atoms with Crippen molar-refractivity contribution in [3.8, 4) is 5.75 Å². The van der Waals surface area contributed by atoms with Crippen LogP contribution in [0.15, 0.2) is 78.9 Å². The number of nitrogens with one attached hydrogen (secondary N) is 1. The average Bonchev–Trinajstić information content (AvgIpc) is 2.85. The lowest BCUT2D eigenvalue weighted by molar-refractivity contribution is -0.123. The van der Waals surface area contributed by atoms with Crippen molar-refractivity contribution in [2.75, 3.05) is 18.4 Å². The minimum absolute atomic E-state index is 0.0626. The fourth-order valence-electron chi connectivity index (χ4n) is 4.03.